The summed E-state index contributed by atoms with van der Waals surface area (Å²) in [6.07, 6.45) is 4.87. The van der Waals surface area contributed by atoms with E-state index in [4.69, 9.17) is 11.6 Å². The lowest BCUT2D eigenvalue weighted by atomic mass is 10.2. The molecule has 1 aromatic heterocycles. The predicted octanol–water partition coefficient (Wildman–Crippen LogP) is 1.64. The fourth-order valence-electron chi connectivity index (χ4n) is 1.50. The molecule has 0 atom stereocenters. The first-order chi connectivity index (χ1) is 9.11. The van der Waals surface area contributed by atoms with Crippen molar-refractivity contribution in [3.8, 4) is 5.69 Å². The number of hydrogen-bond acceptors (Lipinski definition) is 4. The molecule has 0 saturated heterocycles. The molecule has 1 N–H and O–H groups in total. The number of hydrogen-bond donors (Lipinski definition) is 1. The standard InChI is InChI=1S/C12H10ClN3O3/c1-19-12(18)11(17)15-9-6-8(13)2-3-10(9)16-5-4-14-7-16/h2-7H,1H3,(H,15,17). The number of aromatic nitrogens is 2. The summed E-state index contributed by atoms with van der Waals surface area (Å²) in [6.45, 7) is 0. The SMILES string of the molecule is COC(=O)C(=O)Nc1cc(Cl)ccc1-n1ccnc1. The number of benzene rings is 1. The first kappa shape index (κ1) is 13.1. The molecule has 0 aliphatic carbocycles. The van der Waals surface area contributed by atoms with Crippen LogP contribution in [-0.4, -0.2) is 28.5 Å². The van der Waals surface area contributed by atoms with Crippen LogP contribution in [0.2, 0.25) is 5.02 Å². The Morgan fingerprint density at radius 1 is 1.42 bits per heavy atom. The van der Waals surface area contributed by atoms with Gasteiger partial charge in [-0.25, -0.2) is 9.78 Å². The Balaban J connectivity index is 2.36. The quantitative estimate of drug-likeness (QED) is 0.670. The summed E-state index contributed by atoms with van der Waals surface area (Å²) in [5.74, 6) is -1.84. The van der Waals surface area contributed by atoms with Crippen LogP contribution in [0.1, 0.15) is 0 Å². The van der Waals surface area contributed by atoms with E-state index in [0.717, 1.165) is 7.11 Å². The number of methoxy groups -OCH3 is 1. The lowest BCUT2D eigenvalue weighted by Crippen LogP contribution is -2.24. The minimum atomic E-state index is -0.975. The molecule has 0 fully saturated rings. The van der Waals surface area contributed by atoms with Crippen LogP contribution in [0.4, 0.5) is 5.69 Å². The molecule has 0 aliphatic rings. The fraction of sp³-hybridized carbons (Fsp3) is 0.0833. The van der Waals surface area contributed by atoms with Crippen molar-refractivity contribution in [1.82, 2.24) is 9.55 Å². The van der Waals surface area contributed by atoms with Gasteiger partial charge in [-0.2, -0.15) is 0 Å². The van der Waals surface area contributed by atoms with Crippen molar-refractivity contribution in [3.05, 3.63) is 41.9 Å². The molecule has 7 heteroatoms. The molecule has 0 radical (unpaired) electrons. The van der Waals surface area contributed by atoms with Gasteiger partial charge in [0.15, 0.2) is 0 Å². The molecule has 1 amide bonds. The van der Waals surface area contributed by atoms with Gasteiger partial charge >= 0.3 is 11.9 Å². The van der Waals surface area contributed by atoms with Crippen LogP contribution in [0.25, 0.3) is 5.69 Å². The summed E-state index contributed by atoms with van der Waals surface area (Å²) in [6, 6.07) is 4.92. The number of nitrogens with zero attached hydrogens (tertiary/aromatic N) is 2. The zero-order valence-electron chi connectivity index (χ0n) is 9.96. The summed E-state index contributed by atoms with van der Waals surface area (Å²) in [5.41, 5.74) is 1.03. The van der Waals surface area contributed by atoms with Crippen molar-refractivity contribution in [2.24, 2.45) is 0 Å². The minimum absolute atomic E-state index is 0.390. The number of anilines is 1. The average molecular weight is 280 g/mol. The largest absolute Gasteiger partial charge is 0.462 e. The van der Waals surface area contributed by atoms with E-state index in [9.17, 15) is 9.59 Å². The van der Waals surface area contributed by atoms with Gasteiger partial charge in [0.25, 0.3) is 0 Å². The van der Waals surface area contributed by atoms with E-state index in [1.54, 1.807) is 35.4 Å². The van der Waals surface area contributed by atoms with Gasteiger partial charge in [0.05, 0.1) is 24.8 Å². The lowest BCUT2D eigenvalue weighted by molar-refractivity contribution is -0.150. The molecule has 0 spiro atoms. The number of carbonyl (C=O) groups excluding carboxylic acids is 2. The number of esters is 1. The van der Waals surface area contributed by atoms with E-state index >= 15 is 0 Å². The van der Waals surface area contributed by atoms with Gasteiger partial charge in [-0.3, -0.25) is 4.79 Å². The summed E-state index contributed by atoms with van der Waals surface area (Å²) < 4.78 is 6.03. The van der Waals surface area contributed by atoms with E-state index < -0.39 is 11.9 Å². The van der Waals surface area contributed by atoms with E-state index in [1.807, 2.05) is 0 Å². The van der Waals surface area contributed by atoms with Crippen molar-refractivity contribution in [2.75, 3.05) is 12.4 Å². The Kier molecular flexibility index (Phi) is 3.82. The molecular weight excluding hydrogens is 270 g/mol. The number of ether oxygens (including phenoxy) is 1. The van der Waals surface area contributed by atoms with E-state index in [1.165, 1.54) is 6.07 Å². The van der Waals surface area contributed by atoms with Crippen LogP contribution in [0.15, 0.2) is 36.9 Å². The van der Waals surface area contributed by atoms with Crippen LogP contribution in [0, 0.1) is 0 Å². The van der Waals surface area contributed by atoms with Crippen molar-refractivity contribution >= 4 is 29.2 Å². The van der Waals surface area contributed by atoms with Crippen LogP contribution in [0.3, 0.4) is 0 Å². The zero-order chi connectivity index (χ0) is 13.8. The zero-order valence-corrected chi connectivity index (χ0v) is 10.7. The second-order valence-electron chi connectivity index (χ2n) is 3.58. The number of halogens is 1. The second-order valence-corrected chi connectivity index (χ2v) is 4.01. The van der Waals surface area contributed by atoms with Gasteiger partial charge in [0.2, 0.25) is 0 Å². The molecule has 6 nitrogen and oxygen atoms in total. The predicted molar refractivity (Wildman–Crippen MR) is 69.2 cm³/mol. The molecular formula is C12H10ClN3O3. The maximum Gasteiger partial charge on any atom is 0.396 e. The highest BCUT2D eigenvalue weighted by Crippen LogP contribution is 2.24. The van der Waals surface area contributed by atoms with Crippen molar-refractivity contribution < 1.29 is 14.3 Å². The maximum atomic E-state index is 11.5. The molecule has 0 saturated carbocycles. The summed E-state index contributed by atoms with van der Waals surface area (Å²) in [7, 11) is 1.14. The molecule has 2 aromatic rings. The highest BCUT2D eigenvalue weighted by atomic mass is 35.5. The number of amides is 1. The Hall–Kier alpha value is -2.34. The fourth-order valence-corrected chi connectivity index (χ4v) is 1.67. The highest BCUT2D eigenvalue weighted by Gasteiger charge is 2.16. The van der Waals surface area contributed by atoms with E-state index in [0.29, 0.717) is 16.4 Å². The lowest BCUT2D eigenvalue weighted by Gasteiger charge is -2.11. The van der Waals surface area contributed by atoms with Gasteiger partial charge < -0.3 is 14.6 Å². The third-order valence-corrected chi connectivity index (χ3v) is 2.60. The topological polar surface area (TPSA) is 73.2 Å². The summed E-state index contributed by atoms with van der Waals surface area (Å²) in [5, 5.41) is 2.88. The summed E-state index contributed by atoms with van der Waals surface area (Å²) in [4.78, 5) is 26.6. The van der Waals surface area contributed by atoms with Crippen LogP contribution >= 0.6 is 11.6 Å². The minimum Gasteiger partial charge on any atom is -0.462 e. The average Bonchev–Trinajstić information content (AvgIpc) is 2.91. The normalized spacial score (nSPS) is 10.0. The Labute approximate surface area is 114 Å². The third-order valence-electron chi connectivity index (χ3n) is 2.36. The van der Waals surface area contributed by atoms with Gasteiger partial charge in [0.1, 0.15) is 0 Å². The molecule has 98 valence electrons. The highest BCUT2D eigenvalue weighted by molar-refractivity contribution is 6.37. The smallest absolute Gasteiger partial charge is 0.396 e. The maximum absolute atomic E-state index is 11.5. The Morgan fingerprint density at radius 3 is 2.84 bits per heavy atom. The molecule has 0 aliphatic heterocycles. The number of rotatable bonds is 2. The molecule has 0 unspecified atom stereocenters. The molecule has 1 aromatic carbocycles. The van der Waals surface area contributed by atoms with Crippen LogP contribution in [0.5, 0.6) is 0 Å². The third kappa shape index (κ3) is 2.92. The van der Waals surface area contributed by atoms with Gasteiger partial charge in [-0.1, -0.05) is 11.6 Å². The Bertz CT molecular complexity index is 611. The first-order valence-electron chi connectivity index (χ1n) is 5.29. The second kappa shape index (κ2) is 5.53. The van der Waals surface area contributed by atoms with Crippen molar-refractivity contribution in [2.45, 2.75) is 0 Å². The Morgan fingerprint density at radius 2 is 2.21 bits per heavy atom. The van der Waals surface area contributed by atoms with Crippen LogP contribution in [-0.2, 0) is 14.3 Å². The molecule has 2 rings (SSSR count). The number of nitrogens with one attached hydrogen (secondary N) is 1. The molecule has 19 heavy (non-hydrogen) atoms. The molecule has 0 bridgehead atoms. The van der Waals surface area contributed by atoms with Gasteiger partial charge in [-0.05, 0) is 18.2 Å². The van der Waals surface area contributed by atoms with E-state index in [-0.39, 0.29) is 0 Å². The van der Waals surface area contributed by atoms with Crippen molar-refractivity contribution in [1.29, 1.82) is 0 Å². The summed E-state index contributed by atoms with van der Waals surface area (Å²) >= 11 is 5.88. The molecule has 1 heterocycles. The first-order valence-corrected chi connectivity index (χ1v) is 5.67. The van der Waals surface area contributed by atoms with Gasteiger partial charge in [-0.15, -0.1) is 0 Å². The number of carbonyl (C=O) groups is 2. The van der Waals surface area contributed by atoms with Crippen molar-refractivity contribution in [3.63, 3.8) is 0 Å². The van der Waals surface area contributed by atoms with Gasteiger partial charge in [0, 0.05) is 17.4 Å². The number of imidazole rings is 1. The van der Waals surface area contributed by atoms with E-state index in [2.05, 4.69) is 15.0 Å². The monoisotopic (exact) mass is 279 g/mol. The van der Waals surface area contributed by atoms with Crippen LogP contribution < -0.4 is 5.32 Å².